The highest BCUT2D eigenvalue weighted by Crippen LogP contribution is 2.24. The van der Waals surface area contributed by atoms with Crippen LogP contribution in [-0.2, 0) is 0 Å². The first kappa shape index (κ1) is 12.5. The zero-order valence-corrected chi connectivity index (χ0v) is 10.4. The maximum atomic E-state index is 11.5. The van der Waals surface area contributed by atoms with Gasteiger partial charge in [-0.15, -0.1) is 0 Å². The van der Waals surface area contributed by atoms with Crippen molar-refractivity contribution in [2.24, 2.45) is 10.7 Å². The van der Waals surface area contributed by atoms with Crippen molar-refractivity contribution in [3.63, 3.8) is 0 Å². The van der Waals surface area contributed by atoms with Crippen molar-refractivity contribution in [3.05, 3.63) is 24.2 Å². The Hall–Kier alpha value is -1.98. The van der Waals surface area contributed by atoms with E-state index in [0.29, 0.717) is 30.9 Å². The highest BCUT2D eigenvalue weighted by atomic mass is 16.3. The highest BCUT2D eigenvalue weighted by Gasteiger charge is 2.27. The van der Waals surface area contributed by atoms with Crippen LogP contribution in [0.1, 0.15) is 23.4 Å². The molecule has 0 spiro atoms. The number of hydrogen-bond acceptors (Lipinski definition) is 3. The summed E-state index contributed by atoms with van der Waals surface area (Å²) in [5.74, 6) is 0.608. The zero-order valence-electron chi connectivity index (χ0n) is 10.4. The molecular weight excluding hydrogens is 232 g/mol. The molecule has 98 valence electrons. The smallest absolute Gasteiger partial charge is 0.287 e. The minimum atomic E-state index is -0.232. The van der Waals surface area contributed by atoms with Crippen LogP contribution in [0.25, 0.3) is 0 Å². The number of nitrogens with zero attached hydrogens (tertiary/aromatic N) is 2. The fraction of sp³-hybridized carbons (Fsp3) is 0.500. The number of nitrogens with two attached hydrogens (primary N) is 1. The zero-order chi connectivity index (χ0) is 13.0. The Bertz CT molecular complexity index is 423. The molecule has 0 radical (unpaired) electrons. The molecule has 0 atom stereocenters. The maximum Gasteiger partial charge on any atom is 0.287 e. The lowest BCUT2D eigenvalue weighted by atomic mass is 10.4. The van der Waals surface area contributed by atoms with Gasteiger partial charge in [-0.3, -0.25) is 9.79 Å². The Morgan fingerprint density at radius 2 is 2.44 bits per heavy atom. The third kappa shape index (κ3) is 3.26. The fourth-order valence-corrected chi connectivity index (χ4v) is 1.60. The molecule has 18 heavy (non-hydrogen) atoms. The van der Waals surface area contributed by atoms with Gasteiger partial charge in [0.05, 0.1) is 12.8 Å². The van der Waals surface area contributed by atoms with Crippen molar-refractivity contribution >= 4 is 11.9 Å². The number of amides is 1. The molecule has 1 aromatic heterocycles. The maximum absolute atomic E-state index is 11.5. The molecule has 0 saturated heterocycles. The summed E-state index contributed by atoms with van der Waals surface area (Å²) >= 11 is 0. The van der Waals surface area contributed by atoms with Crippen LogP contribution in [0.5, 0.6) is 0 Å². The second-order valence-corrected chi connectivity index (χ2v) is 4.32. The van der Waals surface area contributed by atoms with E-state index in [-0.39, 0.29) is 5.91 Å². The van der Waals surface area contributed by atoms with Gasteiger partial charge in [-0.2, -0.15) is 0 Å². The van der Waals surface area contributed by atoms with E-state index in [1.54, 1.807) is 12.1 Å². The lowest BCUT2D eigenvalue weighted by Crippen LogP contribution is -2.36. The third-order valence-electron chi connectivity index (χ3n) is 2.87. The number of furan rings is 1. The summed E-state index contributed by atoms with van der Waals surface area (Å²) in [5.41, 5.74) is 5.81. The molecule has 0 unspecified atom stereocenters. The molecule has 1 aliphatic carbocycles. The molecule has 3 N–H and O–H groups in total. The highest BCUT2D eigenvalue weighted by molar-refractivity contribution is 5.91. The average Bonchev–Trinajstić information content (AvgIpc) is 3.07. The van der Waals surface area contributed by atoms with Crippen molar-refractivity contribution in [1.82, 2.24) is 10.2 Å². The van der Waals surface area contributed by atoms with Crippen LogP contribution < -0.4 is 11.1 Å². The summed E-state index contributed by atoms with van der Waals surface area (Å²) in [7, 11) is 1.94. The van der Waals surface area contributed by atoms with Gasteiger partial charge < -0.3 is 20.4 Å². The van der Waals surface area contributed by atoms with Crippen molar-refractivity contribution in [2.75, 3.05) is 20.1 Å². The van der Waals surface area contributed by atoms with Crippen LogP contribution in [0.3, 0.4) is 0 Å². The molecule has 0 aromatic carbocycles. The molecule has 1 heterocycles. The minimum absolute atomic E-state index is 0.232. The molecule has 6 heteroatoms. The summed E-state index contributed by atoms with van der Waals surface area (Å²) < 4.78 is 4.97. The Labute approximate surface area is 106 Å². The van der Waals surface area contributed by atoms with Gasteiger partial charge in [-0.25, -0.2) is 0 Å². The molecule has 1 saturated carbocycles. The van der Waals surface area contributed by atoms with Gasteiger partial charge in [0.15, 0.2) is 11.7 Å². The van der Waals surface area contributed by atoms with Crippen molar-refractivity contribution in [1.29, 1.82) is 0 Å². The second kappa shape index (κ2) is 5.57. The van der Waals surface area contributed by atoms with Crippen LogP contribution in [0.4, 0.5) is 0 Å². The average molecular weight is 250 g/mol. The number of aliphatic imine (C=N–C) groups is 1. The first-order chi connectivity index (χ1) is 8.68. The Morgan fingerprint density at radius 3 is 3.06 bits per heavy atom. The topological polar surface area (TPSA) is 83.9 Å². The number of carbonyl (C=O) groups is 1. The van der Waals surface area contributed by atoms with Crippen molar-refractivity contribution in [2.45, 2.75) is 18.9 Å². The van der Waals surface area contributed by atoms with Crippen LogP contribution in [0.2, 0.25) is 0 Å². The van der Waals surface area contributed by atoms with E-state index in [0.717, 1.165) is 0 Å². The lowest BCUT2D eigenvalue weighted by Gasteiger charge is -2.16. The summed E-state index contributed by atoms with van der Waals surface area (Å²) in [6.45, 7) is 0.911. The molecule has 0 bridgehead atoms. The van der Waals surface area contributed by atoms with E-state index in [1.807, 2.05) is 11.9 Å². The molecule has 0 aliphatic heterocycles. The Morgan fingerprint density at radius 1 is 1.67 bits per heavy atom. The number of guanidine groups is 1. The van der Waals surface area contributed by atoms with Gasteiger partial charge >= 0.3 is 0 Å². The summed E-state index contributed by atoms with van der Waals surface area (Å²) in [4.78, 5) is 17.7. The monoisotopic (exact) mass is 250 g/mol. The predicted octanol–water partition coefficient (Wildman–Crippen LogP) is 0.418. The first-order valence-electron chi connectivity index (χ1n) is 6.03. The predicted molar refractivity (Wildman–Crippen MR) is 68.3 cm³/mol. The van der Waals surface area contributed by atoms with Gasteiger partial charge in [0.2, 0.25) is 0 Å². The minimum Gasteiger partial charge on any atom is -0.459 e. The molecule has 1 aromatic rings. The van der Waals surface area contributed by atoms with Crippen LogP contribution in [-0.4, -0.2) is 42.9 Å². The van der Waals surface area contributed by atoms with E-state index in [2.05, 4.69) is 10.3 Å². The van der Waals surface area contributed by atoms with Gasteiger partial charge in [-0.05, 0) is 25.0 Å². The van der Waals surface area contributed by atoms with Crippen molar-refractivity contribution < 1.29 is 9.21 Å². The number of hydrogen-bond donors (Lipinski definition) is 2. The number of carbonyl (C=O) groups excluding carboxylic acids is 1. The number of rotatable bonds is 5. The van der Waals surface area contributed by atoms with Gasteiger partial charge in [0.1, 0.15) is 0 Å². The quantitative estimate of drug-likeness (QED) is 0.450. The summed E-state index contributed by atoms with van der Waals surface area (Å²) in [6.07, 6.45) is 3.83. The van der Waals surface area contributed by atoms with Crippen LogP contribution in [0.15, 0.2) is 27.8 Å². The van der Waals surface area contributed by atoms with Gasteiger partial charge in [0.25, 0.3) is 5.91 Å². The van der Waals surface area contributed by atoms with E-state index < -0.39 is 0 Å². The molecule has 2 rings (SSSR count). The normalized spacial score (nSPS) is 15.5. The van der Waals surface area contributed by atoms with Gasteiger partial charge in [-0.1, -0.05) is 0 Å². The van der Waals surface area contributed by atoms with Gasteiger partial charge in [0, 0.05) is 19.6 Å². The van der Waals surface area contributed by atoms with Crippen molar-refractivity contribution in [3.8, 4) is 0 Å². The standard InChI is InChI=1S/C12H18N4O2/c1-16(9-4-5-9)12(13)15-7-6-14-11(17)10-3-2-8-18-10/h2-3,8-9H,4-7H2,1H3,(H2,13,15)(H,14,17). The number of nitrogens with one attached hydrogen (secondary N) is 1. The summed E-state index contributed by atoms with van der Waals surface area (Å²) in [6, 6.07) is 3.84. The molecule has 1 fully saturated rings. The molecule has 6 nitrogen and oxygen atoms in total. The van der Waals surface area contributed by atoms with Crippen LogP contribution in [0, 0.1) is 0 Å². The Kier molecular flexibility index (Phi) is 3.86. The van der Waals surface area contributed by atoms with E-state index in [9.17, 15) is 4.79 Å². The second-order valence-electron chi connectivity index (χ2n) is 4.32. The van der Waals surface area contributed by atoms with E-state index in [4.69, 9.17) is 10.2 Å². The molecule has 1 amide bonds. The third-order valence-corrected chi connectivity index (χ3v) is 2.87. The summed E-state index contributed by atoms with van der Waals surface area (Å²) in [5, 5.41) is 2.71. The largest absolute Gasteiger partial charge is 0.459 e. The Balaban J connectivity index is 1.69. The van der Waals surface area contributed by atoms with E-state index in [1.165, 1.54) is 19.1 Å². The fourth-order valence-electron chi connectivity index (χ4n) is 1.60. The first-order valence-corrected chi connectivity index (χ1v) is 6.03. The molecular formula is C12H18N4O2. The van der Waals surface area contributed by atoms with Crippen LogP contribution >= 0.6 is 0 Å². The lowest BCUT2D eigenvalue weighted by molar-refractivity contribution is 0.0927. The molecule has 1 aliphatic rings. The van der Waals surface area contributed by atoms with E-state index >= 15 is 0 Å². The SMILES string of the molecule is CN(C(N)=NCCNC(=O)c1ccco1)C1CC1.